The van der Waals surface area contributed by atoms with Crippen molar-refractivity contribution in [2.24, 2.45) is 7.05 Å². The summed E-state index contributed by atoms with van der Waals surface area (Å²) in [4.78, 5) is 17.7. The molecule has 1 atom stereocenters. The predicted octanol–water partition coefficient (Wildman–Crippen LogP) is 4.22. The van der Waals surface area contributed by atoms with Gasteiger partial charge in [-0.1, -0.05) is 18.2 Å². The van der Waals surface area contributed by atoms with E-state index >= 15 is 0 Å². The van der Waals surface area contributed by atoms with Crippen molar-refractivity contribution < 1.29 is 22.7 Å². The number of ether oxygens (including phenoxy) is 2. The number of pyridine rings is 1. The first-order chi connectivity index (χ1) is 17.3. The third-order valence-electron chi connectivity index (χ3n) is 6.34. The van der Waals surface area contributed by atoms with Crippen molar-refractivity contribution in [3.8, 4) is 16.9 Å². The van der Waals surface area contributed by atoms with E-state index in [1.54, 1.807) is 49.6 Å². The molecule has 1 aliphatic rings. The maximum atomic E-state index is 13.6. The Hall–Kier alpha value is -3.69. The van der Waals surface area contributed by atoms with E-state index in [1.807, 2.05) is 36.9 Å². The molecule has 9 heteroatoms. The average molecular weight is 506 g/mol. The van der Waals surface area contributed by atoms with Gasteiger partial charge in [0.25, 0.3) is 0 Å². The maximum absolute atomic E-state index is 13.6. The Balaban J connectivity index is 1.87. The molecule has 0 saturated carbocycles. The van der Waals surface area contributed by atoms with Crippen molar-refractivity contribution in [3.63, 3.8) is 0 Å². The van der Waals surface area contributed by atoms with Crippen LogP contribution in [0.4, 0.5) is 0 Å². The molecule has 5 rings (SSSR count). The second-order valence-electron chi connectivity index (χ2n) is 8.71. The van der Waals surface area contributed by atoms with Gasteiger partial charge in [-0.15, -0.1) is 0 Å². The number of esters is 1. The molecule has 0 fully saturated rings. The summed E-state index contributed by atoms with van der Waals surface area (Å²) in [5.41, 5.74) is 3.80. The largest absolute Gasteiger partial charge is 0.474 e. The molecule has 4 aromatic rings. The highest BCUT2D eigenvalue weighted by Crippen LogP contribution is 2.44. The molecule has 0 bridgehead atoms. The van der Waals surface area contributed by atoms with Crippen LogP contribution in [0.5, 0.6) is 5.75 Å². The minimum atomic E-state index is -3.79. The molecular formula is C27H27N3O5S. The summed E-state index contributed by atoms with van der Waals surface area (Å²) in [7, 11) is -1.94. The van der Waals surface area contributed by atoms with E-state index in [9.17, 15) is 13.2 Å². The Morgan fingerprint density at radius 1 is 1.19 bits per heavy atom. The molecule has 0 spiro atoms. The van der Waals surface area contributed by atoms with Gasteiger partial charge in [0.1, 0.15) is 17.5 Å². The van der Waals surface area contributed by atoms with Crippen molar-refractivity contribution >= 4 is 26.7 Å². The molecule has 1 N–H and O–H groups in total. The van der Waals surface area contributed by atoms with E-state index in [0.29, 0.717) is 23.4 Å². The smallest absolute Gasteiger partial charge is 0.342 e. The molecule has 186 valence electrons. The molecule has 0 radical (unpaired) electrons. The lowest BCUT2D eigenvalue weighted by Gasteiger charge is -2.29. The lowest BCUT2D eigenvalue weighted by Crippen LogP contribution is -2.36. The standard InChI is InChI=1S/C27H27N3O5S/c1-4-34-27(31)24-22(16-36(32,33)19-8-6-5-7-9-19)25-23(20-14-29-17(2)35-26(20)24)21(15-30(25)3)18-10-12-28-13-11-18/h5-13,15,17,29H,4,14,16H2,1-3H3. The molecule has 1 unspecified atom stereocenters. The normalized spacial score (nSPS) is 15.4. The number of aromatic nitrogens is 2. The minimum Gasteiger partial charge on any atom is -0.474 e. The van der Waals surface area contributed by atoms with Crippen LogP contribution in [-0.2, 0) is 33.9 Å². The number of nitrogens with one attached hydrogen (secondary N) is 1. The quantitative estimate of drug-likeness (QED) is 0.392. The number of nitrogens with zero attached hydrogens (tertiary/aromatic N) is 2. The Kier molecular flexibility index (Phi) is 6.27. The van der Waals surface area contributed by atoms with Gasteiger partial charge in [-0.05, 0) is 43.7 Å². The molecule has 3 heterocycles. The van der Waals surface area contributed by atoms with Gasteiger partial charge in [0, 0.05) is 54.3 Å². The molecular weight excluding hydrogens is 478 g/mol. The van der Waals surface area contributed by atoms with Gasteiger partial charge in [0.2, 0.25) is 0 Å². The van der Waals surface area contributed by atoms with E-state index in [4.69, 9.17) is 9.47 Å². The van der Waals surface area contributed by atoms with Gasteiger partial charge in [-0.2, -0.15) is 0 Å². The van der Waals surface area contributed by atoms with Crippen molar-refractivity contribution in [1.29, 1.82) is 0 Å². The number of carbonyl (C=O) groups excluding carboxylic acids is 1. The number of fused-ring (bicyclic) bond motifs is 3. The number of sulfone groups is 1. The summed E-state index contributed by atoms with van der Waals surface area (Å²) < 4.78 is 40.6. The zero-order valence-electron chi connectivity index (χ0n) is 20.3. The summed E-state index contributed by atoms with van der Waals surface area (Å²) in [5, 5.41) is 4.13. The molecule has 1 aliphatic heterocycles. The third-order valence-corrected chi connectivity index (χ3v) is 8.00. The van der Waals surface area contributed by atoms with Crippen LogP contribution in [0.25, 0.3) is 22.0 Å². The molecule has 0 aliphatic carbocycles. The van der Waals surface area contributed by atoms with Crippen molar-refractivity contribution in [3.05, 3.63) is 77.7 Å². The second kappa shape index (κ2) is 9.40. The van der Waals surface area contributed by atoms with Gasteiger partial charge in [-0.3, -0.25) is 10.3 Å². The van der Waals surface area contributed by atoms with E-state index in [1.165, 1.54) is 0 Å². The first-order valence-electron chi connectivity index (χ1n) is 11.7. The SMILES string of the molecule is CCOC(=O)c1c2c(c3c(-c4ccncc4)cn(C)c3c1CS(=O)(=O)c1ccccc1)CNC(C)O2. The van der Waals surface area contributed by atoms with Crippen LogP contribution in [-0.4, -0.2) is 36.8 Å². The van der Waals surface area contributed by atoms with Crippen LogP contribution in [0.2, 0.25) is 0 Å². The molecule has 0 amide bonds. The minimum absolute atomic E-state index is 0.153. The van der Waals surface area contributed by atoms with Gasteiger partial charge >= 0.3 is 5.97 Å². The van der Waals surface area contributed by atoms with Crippen molar-refractivity contribution in [1.82, 2.24) is 14.9 Å². The fourth-order valence-corrected chi connectivity index (χ4v) is 6.19. The summed E-state index contributed by atoms with van der Waals surface area (Å²) in [6.45, 7) is 4.17. The molecule has 2 aromatic heterocycles. The Morgan fingerprint density at radius 2 is 1.92 bits per heavy atom. The van der Waals surface area contributed by atoms with Crippen LogP contribution in [0.3, 0.4) is 0 Å². The first-order valence-corrected chi connectivity index (χ1v) is 13.4. The van der Waals surface area contributed by atoms with E-state index in [2.05, 4.69) is 10.3 Å². The fourth-order valence-electron chi connectivity index (χ4n) is 4.79. The van der Waals surface area contributed by atoms with Crippen molar-refractivity contribution in [2.75, 3.05) is 6.61 Å². The second-order valence-corrected chi connectivity index (χ2v) is 10.7. The summed E-state index contributed by atoms with van der Waals surface area (Å²) in [6.07, 6.45) is 5.01. The number of rotatable bonds is 6. The average Bonchev–Trinajstić information content (AvgIpc) is 3.22. The number of carbonyl (C=O) groups is 1. The summed E-state index contributed by atoms with van der Waals surface area (Å²) >= 11 is 0. The number of hydrogen-bond donors (Lipinski definition) is 1. The molecule has 36 heavy (non-hydrogen) atoms. The fraction of sp³-hybridized carbons (Fsp3) is 0.259. The highest BCUT2D eigenvalue weighted by Gasteiger charge is 2.34. The van der Waals surface area contributed by atoms with E-state index in [-0.39, 0.29) is 29.0 Å². The number of aryl methyl sites for hydroxylation is 1. The summed E-state index contributed by atoms with van der Waals surface area (Å²) in [5.74, 6) is -0.616. The topological polar surface area (TPSA) is 99.5 Å². The zero-order valence-corrected chi connectivity index (χ0v) is 21.1. The molecule has 2 aromatic carbocycles. The highest BCUT2D eigenvalue weighted by atomic mass is 32.2. The monoisotopic (exact) mass is 505 g/mol. The first kappa shape index (κ1) is 24.0. The Bertz CT molecular complexity index is 1550. The lowest BCUT2D eigenvalue weighted by atomic mass is 9.93. The number of hydrogen-bond acceptors (Lipinski definition) is 7. The lowest BCUT2D eigenvalue weighted by molar-refractivity contribution is 0.0514. The van der Waals surface area contributed by atoms with Crippen LogP contribution in [0.15, 0.2) is 66.0 Å². The van der Waals surface area contributed by atoms with Crippen LogP contribution < -0.4 is 10.1 Å². The van der Waals surface area contributed by atoms with Crippen LogP contribution in [0.1, 0.15) is 35.3 Å². The van der Waals surface area contributed by atoms with Crippen molar-refractivity contribution in [2.45, 2.75) is 37.3 Å². The highest BCUT2D eigenvalue weighted by molar-refractivity contribution is 7.90. The Labute approximate surface area is 209 Å². The number of benzene rings is 2. The maximum Gasteiger partial charge on any atom is 0.342 e. The van der Waals surface area contributed by atoms with E-state index < -0.39 is 15.8 Å². The third kappa shape index (κ3) is 4.14. The van der Waals surface area contributed by atoms with Gasteiger partial charge < -0.3 is 14.0 Å². The van der Waals surface area contributed by atoms with E-state index in [0.717, 1.165) is 22.1 Å². The zero-order chi connectivity index (χ0) is 25.4. The molecule has 0 saturated heterocycles. The van der Waals surface area contributed by atoms with Gasteiger partial charge in [-0.25, -0.2) is 13.2 Å². The molecule has 8 nitrogen and oxygen atoms in total. The van der Waals surface area contributed by atoms with Gasteiger partial charge in [0.05, 0.1) is 22.8 Å². The Morgan fingerprint density at radius 3 is 2.61 bits per heavy atom. The predicted molar refractivity (Wildman–Crippen MR) is 136 cm³/mol. The van der Waals surface area contributed by atoms with Crippen LogP contribution >= 0.6 is 0 Å². The summed E-state index contributed by atoms with van der Waals surface area (Å²) in [6, 6.07) is 12.1. The van der Waals surface area contributed by atoms with Crippen LogP contribution in [0, 0.1) is 0 Å². The van der Waals surface area contributed by atoms with Gasteiger partial charge in [0.15, 0.2) is 9.84 Å².